The molecular formula is C31H25N3O2. The Kier molecular flexibility index (Phi) is 5.90. The third-order valence-corrected chi connectivity index (χ3v) is 6.46. The van der Waals surface area contributed by atoms with Gasteiger partial charge in [-0.2, -0.15) is 0 Å². The molecular weight excluding hydrogens is 446 g/mol. The number of hydrogen-bond acceptors (Lipinski definition) is 4. The Bertz CT molecular complexity index is 1610. The minimum absolute atomic E-state index is 0.495. The lowest BCUT2D eigenvalue weighted by Gasteiger charge is -2.15. The van der Waals surface area contributed by atoms with Gasteiger partial charge in [-0.15, -0.1) is 0 Å². The molecule has 0 bridgehead atoms. The van der Waals surface area contributed by atoms with Gasteiger partial charge in [0.15, 0.2) is 0 Å². The first-order chi connectivity index (χ1) is 17.8. The van der Waals surface area contributed by atoms with E-state index in [0.29, 0.717) is 18.8 Å². The Labute approximate surface area is 209 Å². The minimum atomic E-state index is -0.905. The van der Waals surface area contributed by atoms with Crippen LogP contribution in [0.4, 0.5) is 0 Å². The van der Waals surface area contributed by atoms with Crippen LogP contribution in [0.2, 0.25) is 0 Å². The average molecular weight is 472 g/mol. The van der Waals surface area contributed by atoms with E-state index in [0.717, 1.165) is 38.8 Å². The van der Waals surface area contributed by atoms with E-state index in [1.54, 1.807) is 0 Å². The smallest absolute Gasteiger partial charge is 0.123 e. The number of para-hydroxylation sites is 1. The zero-order chi connectivity index (χ0) is 24.3. The first-order valence-corrected chi connectivity index (χ1v) is 12.0. The molecule has 1 N–H and O–H groups in total. The van der Waals surface area contributed by atoms with Crippen molar-refractivity contribution in [3.05, 3.63) is 138 Å². The molecule has 0 spiro atoms. The molecule has 0 amide bonds. The number of benzene rings is 4. The lowest BCUT2D eigenvalue weighted by molar-refractivity contribution is 0.216. The highest BCUT2D eigenvalue weighted by Gasteiger charge is 2.22. The van der Waals surface area contributed by atoms with Crippen LogP contribution in [0.15, 0.2) is 116 Å². The summed E-state index contributed by atoms with van der Waals surface area (Å²) in [5, 5.41) is 12.5. The third-order valence-electron chi connectivity index (χ3n) is 6.46. The second-order valence-corrected chi connectivity index (χ2v) is 8.79. The fourth-order valence-electron chi connectivity index (χ4n) is 4.66. The molecule has 5 heteroatoms. The highest BCUT2D eigenvalue weighted by atomic mass is 16.5. The van der Waals surface area contributed by atoms with Crippen molar-refractivity contribution in [1.29, 1.82) is 0 Å². The van der Waals surface area contributed by atoms with Crippen LogP contribution in [-0.2, 0) is 13.2 Å². The van der Waals surface area contributed by atoms with E-state index >= 15 is 0 Å². The zero-order valence-electron chi connectivity index (χ0n) is 19.7. The lowest BCUT2D eigenvalue weighted by Crippen LogP contribution is -2.08. The van der Waals surface area contributed by atoms with Crippen molar-refractivity contribution in [2.24, 2.45) is 0 Å². The van der Waals surface area contributed by atoms with Crippen molar-refractivity contribution in [2.75, 3.05) is 0 Å². The Morgan fingerprint density at radius 2 is 1.39 bits per heavy atom. The second-order valence-electron chi connectivity index (χ2n) is 8.79. The maximum atomic E-state index is 11.5. The number of aliphatic hydroxyl groups excluding tert-OH is 1. The molecule has 0 fully saturated rings. The zero-order valence-corrected chi connectivity index (χ0v) is 19.7. The molecule has 0 saturated carbocycles. The van der Waals surface area contributed by atoms with Crippen molar-refractivity contribution < 1.29 is 9.84 Å². The minimum Gasteiger partial charge on any atom is -0.489 e. The Balaban J connectivity index is 1.36. The maximum Gasteiger partial charge on any atom is 0.123 e. The van der Waals surface area contributed by atoms with Crippen molar-refractivity contribution in [1.82, 2.24) is 14.5 Å². The molecule has 6 aromatic rings. The second kappa shape index (κ2) is 9.64. The number of aliphatic hydroxyl groups is 1. The first kappa shape index (κ1) is 22.0. The fraction of sp³-hybridized carbons (Fsp3) is 0.0968. The summed E-state index contributed by atoms with van der Waals surface area (Å²) >= 11 is 0. The summed E-state index contributed by atoms with van der Waals surface area (Å²) in [6.07, 6.45) is 0.634. The van der Waals surface area contributed by atoms with Gasteiger partial charge in [0.25, 0.3) is 0 Å². The van der Waals surface area contributed by atoms with Gasteiger partial charge < -0.3 is 14.4 Å². The van der Waals surface area contributed by atoms with Gasteiger partial charge in [-0.05, 0) is 34.9 Å². The van der Waals surface area contributed by atoms with Crippen LogP contribution in [-0.4, -0.2) is 19.6 Å². The monoisotopic (exact) mass is 471 g/mol. The summed E-state index contributed by atoms with van der Waals surface area (Å²) < 4.78 is 8.12. The van der Waals surface area contributed by atoms with Gasteiger partial charge in [0, 0.05) is 11.9 Å². The Morgan fingerprint density at radius 3 is 2.14 bits per heavy atom. The molecule has 0 aliphatic heterocycles. The van der Waals surface area contributed by atoms with Gasteiger partial charge in [-0.1, -0.05) is 91.0 Å². The van der Waals surface area contributed by atoms with E-state index in [4.69, 9.17) is 4.74 Å². The van der Waals surface area contributed by atoms with Crippen LogP contribution >= 0.6 is 0 Å². The topological polar surface area (TPSA) is 60.2 Å². The van der Waals surface area contributed by atoms with Gasteiger partial charge in [0.2, 0.25) is 0 Å². The Morgan fingerprint density at radius 1 is 0.722 bits per heavy atom. The van der Waals surface area contributed by atoms with Gasteiger partial charge in [-0.25, -0.2) is 9.97 Å². The van der Waals surface area contributed by atoms with Crippen LogP contribution < -0.4 is 4.74 Å². The molecule has 4 aromatic carbocycles. The molecule has 1 atom stereocenters. The predicted octanol–water partition coefficient (Wildman–Crippen LogP) is 6.29. The molecule has 176 valence electrons. The fourth-order valence-corrected chi connectivity index (χ4v) is 4.66. The van der Waals surface area contributed by atoms with E-state index in [1.165, 1.54) is 11.9 Å². The predicted molar refractivity (Wildman–Crippen MR) is 142 cm³/mol. The van der Waals surface area contributed by atoms with Crippen molar-refractivity contribution in [3.63, 3.8) is 0 Å². The SMILES string of the molecule is OC(c1ccc(OCc2ccccc2)cc1)c1ncnc2c3ccccc3n(Cc3ccccc3)c12. The Hall–Kier alpha value is -4.48. The molecule has 5 nitrogen and oxygen atoms in total. The largest absolute Gasteiger partial charge is 0.489 e. The summed E-state index contributed by atoms with van der Waals surface area (Å²) in [7, 11) is 0. The number of ether oxygens (including phenoxy) is 1. The number of aromatic nitrogens is 3. The average Bonchev–Trinajstić information content (AvgIpc) is 3.26. The van der Waals surface area contributed by atoms with Crippen LogP contribution in [0.3, 0.4) is 0 Å². The van der Waals surface area contributed by atoms with Gasteiger partial charge in [-0.3, -0.25) is 0 Å². The maximum absolute atomic E-state index is 11.5. The van der Waals surface area contributed by atoms with Gasteiger partial charge in [0.1, 0.15) is 30.5 Å². The van der Waals surface area contributed by atoms with Crippen LogP contribution in [0.5, 0.6) is 5.75 Å². The van der Waals surface area contributed by atoms with Crippen molar-refractivity contribution in [2.45, 2.75) is 19.3 Å². The normalized spacial score (nSPS) is 12.1. The molecule has 0 radical (unpaired) electrons. The molecule has 2 heterocycles. The van der Waals surface area contributed by atoms with E-state index in [2.05, 4.69) is 38.8 Å². The van der Waals surface area contributed by atoms with Crippen LogP contribution in [0, 0.1) is 0 Å². The standard InChI is InChI=1S/C31H25N3O2/c35-31(24-15-17-25(18-16-24)36-20-23-11-5-2-6-12-23)29-30-28(32-21-33-29)26-13-7-8-14-27(26)34(30)19-22-9-3-1-4-10-22/h1-18,21,31,35H,19-20H2. The lowest BCUT2D eigenvalue weighted by atomic mass is 10.0. The third kappa shape index (κ3) is 4.21. The number of nitrogens with zero attached hydrogens (tertiary/aromatic N) is 3. The molecule has 0 saturated heterocycles. The van der Waals surface area contributed by atoms with Crippen LogP contribution in [0.25, 0.3) is 21.9 Å². The van der Waals surface area contributed by atoms with E-state index < -0.39 is 6.10 Å². The highest BCUT2D eigenvalue weighted by Crippen LogP contribution is 2.34. The van der Waals surface area contributed by atoms with Crippen molar-refractivity contribution >= 4 is 21.9 Å². The molecule has 6 rings (SSSR count). The highest BCUT2D eigenvalue weighted by molar-refractivity contribution is 6.06. The summed E-state index contributed by atoms with van der Waals surface area (Å²) in [4.78, 5) is 9.18. The van der Waals surface area contributed by atoms with E-state index in [9.17, 15) is 5.11 Å². The molecule has 36 heavy (non-hydrogen) atoms. The van der Waals surface area contributed by atoms with Crippen molar-refractivity contribution in [3.8, 4) is 5.75 Å². The van der Waals surface area contributed by atoms with Crippen LogP contribution in [0.1, 0.15) is 28.5 Å². The molecule has 0 aliphatic carbocycles. The number of rotatable bonds is 7. The summed E-state index contributed by atoms with van der Waals surface area (Å²) in [5.41, 5.74) is 6.37. The summed E-state index contributed by atoms with van der Waals surface area (Å²) in [6, 6.07) is 36.1. The van der Waals surface area contributed by atoms with E-state index in [-0.39, 0.29) is 0 Å². The molecule has 2 aromatic heterocycles. The quantitative estimate of drug-likeness (QED) is 0.297. The molecule has 1 unspecified atom stereocenters. The summed E-state index contributed by atoms with van der Waals surface area (Å²) in [6.45, 7) is 1.15. The number of fused-ring (bicyclic) bond motifs is 3. The van der Waals surface area contributed by atoms with Gasteiger partial charge in [0.05, 0.1) is 16.6 Å². The molecule has 0 aliphatic rings. The van der Waals surface area contributed by atoms with E-state index in [1.807, 2.05) is 84.9 Å². The summed E-state index contributed by atoms with van der Waals surface area (Å²) in [5.74, 6) is 0.751. The number of hydrogen-bond donors (Lipinski definition) is 1. The first-order valence-electron chi connectivity index (χ1n) is 12.0. The van der Waals surface area contributed by atoms with Gasteiger partial charge >= 0.3 is 0 Å².